The van der Waals surface area contributed by atoms with Crippen molar-refractivity contribution in [2.24, 2.45) is 11.7 Å². The van der Waals surface area contributed by atoms with Gasteiger partial charge in [-0.15, -0.1) is 11.8 Å². The standard InChI is InChI=1S/C10H17N3S/c1-3-8(2)9(11)7-14-10-6-12-4-5-13-10/h4-6,8-9H,3,7,11H2,1-2H3. The van der Waals surface area contributed by atoms with Crippen LogP contribution in [0, 0.1) is 5.92 Å². The summed E-state index contributed by atoms with van der Waals surface area (Å²) in [6.45, 7) is 4.35. The van der Waals surface area contributed by atoms with Crippen molar-refractivity contribution in [2.75, 3.05) is 5.75 Å². The molecule has 78 valence electrons. The predicted octanol–water partition coefficient (Wildman–Crippen LogP) is 1.94. The molecule has 14 heavy (non-hydrogen) atoms. The Hall–Kier alpha value is -0.610. The molecule has 1 rings (SSSR count). The van der Waals surface area contributed by atoms with Crippen LogP contribution >= 0.6 is 11.8 Å². The van der Waals surface area contributed by atoms with Gasteiger partial charge in [0, 0.05) is 24.2 Å². The van der Waals surface area contributed by atoms with Crippen LogP contribution < -0.4 is 5.73 Å². The predicted molar refractivity (Wildman–Crippen MR) is 60.2 cm³/mol. The zero-order valence-corrected chi connectivity index (χ0v) is 9.50. The van der Waals surface area contributed by atoms with Gasteiger partial charge in [-0.25, -0.2) is 4.98 Å². The number of thioether (sulfide) groups is 1. The van der Waals surface area contributed by atoms with Crippen molar-refractivity contribution in [3.8, 4) is 0 Å². The molecule has 0 aliphatic heterocycles. The monoisotopic (exact) mass is 211 g/mol. The van der Waals surface area contributed by atoms with Crippen LogP contribution in [0.1, 0.15) is 20.3 Å². The van der Waals surface area contributed by atoms with Crippen molar-refractivity contribution >= 4 is 11.8 Å². The number of nitrogens with two attached hydrogens (primary N) is 1. The van der Waals surface area contributed by atoms with Gasteiger partial charge in [0.15, 0.2) is 0 Å². The van der Waals surface area contributed by atoms with Crippen LogP contribution in [0.2, 0.25) is 0 Å². The lowest BCUT2D eigenvalue weighted by Crippen LogP contribution is -2.30. The lowest BCUT2D eigenvalue weighted by Gasteiger charge is -2.17. The van der Waals surface area contributed by atoms with E-state index in [2.05, 4.69) is 23.8 Å². The second kappa shape index (κ2) is 5.98. The Morgan fingerprint density at radius 2 is 2.29 bits per heavy atom. The van der Waals surface area contributed by atoms with E-state index < -0.39 is 0 Å². The van der Waals surface area contributed by atoms with Crippen molar-refractivity contribution in [2.45, 2.75) is 31.3 Å². The molecule has 3 nitrogen and oxygen atoms in total. The summed E-state index contributed by atoms with van der Waals surface area (Å²) < 4.78 is 0. The Morgan fingerprint density at radius 1 is 1.50 bits per heavy atom. The Morgan fingerprint density at radius 3 is 2.86 bits per heavy atom. The van der Waals surface area contributed by atoms with E-state index in [1.54, 1.807) is 30.4 Å². The van der Waals surface area contributed by atoms with Gasteiger partial charge in [0.2, 0.25) is 0 Å². The number of hydrogen-bond acceptors (Lipinski definition) is 4. The van der Waals surface area contributed by atoms with Gasteiger partial charge in [-0.05, 0) is 5.92 Å². The fraction of sp³-hybridized carbons (Fsp3) is 0.600. The normalized spacial score (nSPS) is 15.1. The first kappa shape index (κ1) is 11.5. The fourth-order valence-electron chi connectivity index (χ4n) is 1.01. The van der Waals surface area contributed by atoms with E-state index in [-0.39, 0.29) is 6.04 Å². The summed E-state index contributed by atoms with van der Waals surface area (Å²) >= 11 is 1.67. The molecule has 1 aromatic rings. The first-order valence-electron chi connectivity index (χ1n) is 4.88. The summed E-state index contributed by atoms with van der Waals surface area (Å²) in [5.41, 5.74) is 6.01. The molecular weight excluding hydrogens is 194 g/mol. The second-order valence-corrected chi connectivity index (χ2v) is 4.44. The zero-order chi connectivity index (χ0) is 10.4. The molecule has 0 amide bonds. The molecule has 2 N–H and O–H groups in total. The van der Waals surface area contributed by atoms with Crippen LogP contribution in [0.25, 0.3) is 0 Å². The van der Waals surface area contributed by atoms with Gasteiger partial charge < -0.3 is 5.73 Å². The van der Waals surface area contributed by atoms with Crippen molar-refractivity contribution < 1.29 is 0 Å². The molecule has 2 atom stereocenters. The molecule has 2 unspecified atom stereocenters. The van der Waals surface area contributed by atoms with E-state index >= 15 is 0 Å². The Labute approximate surface area is 89.5 Å². The van der Waals surface area contributed by atoms with Crippen molar-refractivity contribution in [3.05, 3.63) is 18.6 Å². The minimum absolute atomic E-state index is 0.243. The Kier molecular flexibility index (Phi) is 4.90. The molecule has 0 aliphatic carbocycles. The fourth-order valence-corrected chi connectivity index (χ4v) is 1.97. The molecular formula is C10H17N3S. The van der Waals surface area contributed by atoms with E-state index in [4.69, 9.17) is 5.73 Å². The van der Waals surface area contributed by atoms with E-state index in [0.717, 1.165) is 17.2 Å². The highest BCUT2D eigenvalue weighted by Crippen LogP contribution is 2.17. The van der Waals surface area contributed by atoms with E-state index in [9.17, 15) is 0 Å². The third-order valence-electron chi connectivity index (χ3n) is 2.34. The Balaban J connectivity index is 2.34. The summed E-state index contributed by atoms with van der Waals surface area (Å²) in [4.78, 5) is 8.18. The van der Waals surface area contributed by atoms with E-state index in [1.165, 1.54) is 0 Å². The summed E-state index contributed by atoms with van der Waals surface area (Å²) in [7, 11) is 0. The van der Waals surface area contributed by atoms with Crippen molar-refractivity contribution in [3.63, 3.8) is 0 Å². The van der Waals surface area contributed by atoms with Crippen LogP contribution in [0.5, 0.6) is 0 Å². The second-order valence-electron chi connectivity index (χ2n) is 3.40. The first-order valence-corrected chi connectivity index (χ1v) is 5.87. The van der Waals surface area contributed by atoms with Gasteiger partial charge in [0.05, 0.1) is 6.20 Å². The highest BCUT2D eigenvalue weighted by molar-refractivity contribution is 7.99. The third kappa shape index (κ3) is 3.64. The average Bonchev–Trinajstić information content (AvgIpc) is 2.26. The van der Waals surface area contributed by atoms with Crippen LogP contribution in [-0.4, -0.2) is 21.8 Å². The quantitative estimate of drug-likeness (QED) is 0.756. The summed E-state index contributed by atoms with van der Waals surface area (Å²) in [5.74, 6) is 1.48. The van der Waals surface area contributed by atoms with Gasteiger partial charge in [-0.1, -0.05) is 20.3 Å². The smallest absolute Gasteiger partial charge is 0.114 e. The van der Waals surface area contributed by atoms with Crippen LogP contribution in [-0.2, 0) is 0 Å². The maximum atomic E-state index is 6.01. The molecule has 0 bridgehead atoms. The molecule has 0 aliphatic rings. The molecule has 1 aromatic heterocycles. The molecule has 0 aromatic carbocycles. The van der Waals surface area contributed by atoms with Gasteiger partial charge in [0.25, 0.3) is 0 Å². The molecule has 0 fully saturated rings. The minimum atomic E-state index is 0.243. The molecule has 0 saturated heterocycles. The number of rotatable bonds is 5. The molecule has 1 heterocycles. The molecule has 0 saturated carbocycles. The van der Waals surface area contributed by atoms with E-state index in [1.807, 2.05) is 0 Å². The van der Waals surface area contributed by atoms with Crippen LogP contribution in [0.3, 0.4) is 0 Å². The highest BCUT2D eigenvalue weighted by atomic mass is 32.2. The lowest BCUT2D eigenvalue weighted by molar-refractivity contribution is 0.475. The number of nitrogens with zero attached hydrogens (tertiary/aromatic N) is 2. The number of hydrogen-bond donors (Lipinski definition) is 1. The van der Waals surface area contributed by atoms with E-state index in [0.29, 0.717) is 5.92 Å². The van der Waals surface area contributed by atoms with Gasteiger partial charge in [-0.3, -0.25) is 4.98 Å². The summed E-state index contributed by atoms with van der Waals surface area (Å²) in [6, 6.07) is 0.243. The lowest BCUT2D eigenvalue weighted by atomic mass is 10.0. The van der Waals surface area contributed by atoms with Crippen LogP contribution in [0.15, 0.2) is 23.6 Å². The number of aromatic nitrogens is 2. The van der Waals surface area contributed by atoms with Crippen molar-refractivity contribution in [1.82, 2.24) is 9.97 Å². The topological polar surface area (TPSA) is 51.8 Å². The molecule has 4 heteroatoms. The minimum Gasteiger partial charge on any atom is -0.327 e. The maximum absolute atomic E-state index is 6.01. The average molecular weight is 211 g/mol. The first-order chi connectivity index (χ1) is 6.74. The molecule has 0 spiro atoms. The zero-order valence-electron chi connectivity index (χ0n) is 8.68. The Bertz CT molecular complexity index is 253. The SMILES string of the molecule is CCC(C)C(N)CSc1cnccn1. The van der Waals surface area contributed by atoms with Gasteiger partial charge >= 0.3 is 0 Å². The highest BCUT2D eigenvalue weighted by Gasteiger charge is 2.10. The summed E-state index contributed by atoms with van der Waals surface area (Å²) in [6.07, 6.45) is 6.28. The maximum Gasteiger partial charge on any atom is 0.114 e. The van der Waals surface area contributed by atoms with Gasteiger partial charge in [0.1, 0.15) is 5.03 Å². The van der Waals surface area contributed by atoms with Gasteiger partial charge in [-0.2, -0.15) is 0 Å². The largest absolute Gasteiger partial charge is 0.327 e. The van der Waals surface area contributed by atoms with Crippen LogP contribution in [0.4, 0.5) is 0 Å². The summed E-state index contributed by atoms with van der Waals surface area (Å²) in [5, 5.41) is 0.950. The third-order valence-corrected chi connectivity index (χ3v) is 3.40. The van der Waals surface area contributed by atoms with Crippen molar-refractivity contribution in [1.29, 1.82) is 0 Å². The molecule has 0 radical (unpaired) electrons.